The molecule has 18 heavy (non-hydrogen) atoms. The second-order valence-corrected chi connectivity index (χ2v) is 4.39. The van der Waals surface area contributed by atoms with Crippen LogP contribution in [0.2, 0.25) is 0 Å². The summed E-state index contributed by atoms with van der Waals surface area (Å²) in [6, 6.07) is 3.18. The van der Waals surface area contributed by atoms with E-state index >= 15 is 0 Å². The summed E-state index contributed by atoms with van der Waals surface area (Å²) >= 11 is 0. The van der Waals surface area contributed by atoms with Gasteiger partial charge in [0, 0.05) is 25.4 Å². The first-order valence-electron chi connectivity index (χ1n) is 6.07. The van der Waals surface area contributed by atoms with Crippen LogP contribution in [0.15, 0.2) is 24.5 Å². The van der Waals surface area contributed by atoms with E-state index in [9.17, 15) is 14.7 Å². The van der Waals surface area contributed by atoms with Crippen molar-refractivity contribution < 1.29 is 14.7 Å². The largest absolute Gasteiger partial charge is 0.481 e. The number of nitrogens with zero attached hydrogens (tertiary/aromatic N) is 2. The Kier molecular flexibility index (Phi) is 3.60. The van der Waals surface area contributed by atoms with Gasteiger partial charge in [0.1, 0.15) is 0 Å². The van der Waals surface area contributed by atoms with Gasteiger partial charge >= 0.3 is 5.97 Å². The number of carboxylic acid groups (broad SMARTS) is 1. The first-order valence-corrected chi connectivity index (χ1v) is 6.07. The minimum atomic E-state index is -0.845. The van der Waals surface area contributed by atoms with Gasteiger partial charge in [0.15, 0.2) is 0 Å². The van der Waals surface area contributed by atoms with Gasteiger partial charge in [-0.1, -0.05) is 0 Å². The lowest BCUT2D eigenvalue weighted by Crippen LogP contribution is -2.45. The fraction of sp³-hybridized carbons (Fsp3) is 0.462. The Balaban J connectivity index is 2.40. The van der Waals surface area contributed by atoms with E-state index in [0.717, 1.165) is 5.56 Å². The van der Waals surface area contributed by atoms with Crippen LogP contribution in [0, 0.1) is 5.92 Å². The number of carboxylic acids is 1. The van der Waals surface area contributed by atoms with E-state index in [-0.39, 0.29) is 11.9 Å². The van der Waals surface area contributed by atoms with Crippen molar-refractivity contribution in [3.05, 3.63) is 30.1 Å². The van der Waals surface area contributed by atoms with Gasteiger partial charge in [-0.2, -0.15) is 0 Å². The third-order valence-electron chi connectivity index (χ3n) is 3.41. The number of rotatable bonds is 3. The maximum atomic E-state index is 11.9. The van der Waals surface area contributed by atoms with Crippen LogP contribution < -0.4 is 0 Å². The summed E-state index contributed by atoms with van der Waals surface area (Å²) in [5, 5.41) is 9.32. The van der Waals surface area contributed by atoms with Gasteiger partial charge in [0.25, 0.3) is 0 Å². The number of hydrogen-bond donors (Lipinski definition) is 1. The molecule has 5 nitrogen and oxygen atoms in total. The SMILES string of the molecule is CCN1C(=O)CC[C@@H](C(=O)O)[C@H]1c1ccncc1. The normalized spacial score (nSPS) is 24.1. The number of likely N-dealkylation sites (tertiary alicyclic amines) is 1. The molecule has 5 heteroatoms. The number of piperidine rings is 1. The number of hydrogen-bond acceptors (Lipinski definition) is 3. The molecule has 1 aliphatic rings. The highest BCUT2D eigenvalue weighted by Crippen LogP contribution is 2.36. The molecule has 96 valence electrons. The van der Waals surface area contributed by atoms with Crippen LogP contribution in [0.4, 0.5) is 0 Å². The monoisotopic (exact) mass is 248 g/mol. The number of carbonyl (C=O) groups is 2. The highest BCUT2D eigenvalue weighted by molar-refractivity contribution is 5.81. The molecule has 1 aromatic rings. The second-order valence-electron chi connectivity index (χ2n) is 4.39. The molecule has 0 saturated carbocycles. The Morgan fingerprint density at radius 1 is 1.50 bits per heavy atom. The van der Waals surface area contributed by atoms with Crippen molar-refractivity contribution in [3.63, 3.8) is 0 Å². The zero-order valence-corrected chi connectivity index (χ0v) is 10.2. The Bertz CT molecular complexity index is 445. The van der Waals surface area contributed by atoms with Crippen LogP contribution in [0.1, 0.15) is 31.4 Å². The lowest BCUT2D eigenvalue weighted by Gasteiger charge is -2.39. The van der Waals surface area contributed by atoms with Crippen molar-refractivity contribution in [2.45, 2.75) is 25.8 Å². The van der Waals surface area contributed by atoms with Crippen molar-refractivity contribution in [3.8, 4) is 0 Å². The standard InChI is InChI=1S/C13H16N2O3/c1-2-15-11(16)4-3-10(13(17)18)12(15)9-5-7-14-8-6-9/h5-8,10,12H,2-4H2,1H3,(H,17,18)/t10-,12-/m1/s1. The average molecular weight is 248 g/mol. The van der Waals surface area contributed by atoms with E-state index in [4.69, 9.17) is 0 Å². The maximum Gasteiger partial charge on any atom is 0.308 e. The fourth-order valence-electron chi connectivity index (χ4n) is 2.56. The molecule has 2 rings (SSSR count). The van der Waals surface area contributed by atoms with Crippen LogP contribution >= 0.6 is 0 Å². The van der Waals surface area contributed by atoms with E-state index in [1.54, 1.807) is 29.4 Å². The fourth-order valence-corrected chi connectivity index (χ4v) is 2.56. The molecular formula is C13H16N2O3. The van der Waals surface area contributed by atoms with E-state index in [0.29, 0.717) is 19.4 Å². The van der Waals surface area contributed by atoms with Gasteiger partial charge in [-0.15, -0.1) is 0 Å². The van der Waals surface area contributed by atoms with Crippen molar-refractivity contribution in [2.75, 3.05) is 6.54 Å². The predicted molar refractivity (Wildman–Crippen MR) is 64.7 cm³/mol. The summed E-state index contributed by atoms with van der Waals surface area (Å²) in [5.74, 6) is -1.36. The van der Waals surface area contributed by atoms with E-state index < -0.39 is 11.9 Å². The molecule has 0 spiro atoms. The summed E-state index contributed by atoms with van der Waals surface area (Å²) in [6.45, 7) is 2.39. The number of aliphatic carboxylic acids is 1. The Morgan fingerprint density at radius 3 is 2.72 bits per heavy atom. The third-order valence-corrected chi connectivity index (χ3v) is 3.41. The third kappa shape index (κ3) is 2.20. The Labute approximate surface area is 105 Å². The number of carbonyl (C=O) groups excluding carboxylic acids is 1. The van der Waals surface area contributed by atoms with E-state index in [1.807, 2.05) is 6.92 Å². The molecule has 1 aliphatic heterocycles. The zero-order valence-electron chi connectivity index (χ0n) is 10.2. The van der Waals surface area contributed by atoms with Crippen LogP contribution in [-0.2, 0) is 9.59 Å². The molecular weight excluding hydrogens is 232 g/mol. The van der Waals surface area contributed by atoms with E-state index in [1.165, 1.54) is 0 Å². The lowest BCUT2D eigenvalue weighted by molar-refractivity contribution is -0.151. The van der Waals surface area contributed by atoms with Gasteiger partial charge in [0.05, 0.1) is 12.0 Å². The lowest BCUT2D eigenvalue weighted by atomic mass is 9.84. The minimum Gasteiger partial charge on any atom is -0.481 e. The van der Waals surface area contributed by atoms with Crippen molar-refractivity contribution in [1.82, 2.24) is 9.88 Å². The number of amides is 1. The molecule has 0 unspecified atom stereocenters. The molecule has 1 fully saturated rings. The summed E-state index contributed by atoms with van der Waals surface area (Å²) < 4.78 is 0. The molecule has 0 aromatic carbocycles. The zero-order chi connectivity index (χ0) is 13.1. The number of pyridine rings is 1. The highest BCUT2D eigenvalue weighted by Gasteiger charge is 2.39. The smallest absolute Gasteiger partial charge is 0.308 e. The molecule has 1 saturated heterocycles. The molecule has 0 aliphatic carbocycles. The molecule has 0 bridgehead atoms. The summed E-state index contributed by atoms with van der Waals surface area (Å²) in [6.07, 6.45) is 3.96. The first kappa shape index (κ1) is 12.5. The van der Waals surface area contributed by atoms with Gasteiger partial charge in [-0.3, -0.25) is 14.6 Å². The second kappa shape index (κ2) is 5.16. The average Bonchev–Trinajstić information content (AvgIpc) is 2.39. The molecule has 1 amide bonds. The molecule has 1 aromatic heterocycles. The quantitative estimate of drug-likeness (QED) is 0.879. The minimum absolute atomic E-state index is 0.0248. The summed E-state index contributed by atoms with van der Waals surface area (Å²) in [4.78, 5) is 28.8. The van der Waals surface area contributed by atoms with Crippen LogP contribution in [0.3, 0.4) is 0 Å². The molecule has 2 heterocycles. The van der Waals surface area contributed by atoms with Crippen molar-refractivity contribution in [1.29, 1.82) is 0 Å². The summed E-state index contributed by atoms with van der Waals surface area (Å²) in [5.41, 5.74) is 0.840. The summed E-state index contributed by atoms with van der Waals surface area (Å²) in [7, 11) is 0. The van der Waals surface area contributed by atoms with Gasteiger partial charge in [-0.05, 0) is 31.0 Å². The van der Waals surface area contributed by atoms with Gasteiger partial charge in [0.2, 0.25) is 5.91 Å². The van der Waals surface area contributed by atoms with Crippen molar-refractivity contribution in [2.24, 2.45) is 5.92 Å². The Morgan fingerprint density at radius 2 is 2.17 bits per heavy atom. The van der Waals surface area contributed by atoms with Crippen LogP contribution in [-0.4, -0.2) is 33.4 Å². The van der Waals surface area contributed by atoms with Crippen molar-refractivity contribution >= 4 is 11.9 Å². The Hall–Kier alpha value is -1.91. The van der Waals surface area contributed by atoms with Crippen LogP contribution in [0.5, 0.6) is 0 Å². The first-order chi connectivity index (χ1) is 8.65. The highest BCUT2D eigenvalue weighted by atomic mass is 16.4. The van der Waals surface area contributed by atoms with Crippen LogP contribution in [0.25, 0.3) is 0 Å². The van der Waals surface area contributed by atoms with Gasteiger partial charge in [-0.25, -0.2) is 0 Å². The topological polar surface area (TPSA) is 70.5 Å². The molecule has 1 N–H and O–H groups in total. The van der Waals surface area contributed by atoms with E-state index in [2.05, 4.69) is 4.98 Å². The molecule has 0 radical (unpaired) electrons. The molecule has 2 atom stereocenters. The predicted octanol–water partition coefficient (Wildman–Crippen LogP) is 1.47. The number of aromatic nitrogens is 1. The van der Waals surface area contributed by atoms with Gasteiger partial charge < -0.3 is 10.0 Å². The maximum absolute atomic E-state index is 11.9.